The van der Waals surface area contributed by atoms with E-state index in [0.29, 0.717) is 13.1 Å². The number of nitrogens with zero attached hydrogens (tertiary/aromatic N) is 4. The first kappa shape index (κ1) is 15.6. The van der Waals surface area contributed by atoms with Gasteiger partial charge in [-0.05, 0) is 31.0 Å². The largest absolute Gasteiger partial charge is 0.344 e. The van der Waals surface area contributed by atoms with E-state index in [0.717, 1.165) is 15.3 Å². The van der Waals surface area contributed by atoms with Crippen LogP contribution in [0.2, 0.25) is 0 Å². The maximum atomic E-state index is 12.0. The van der Waals surface area contributed by atoms with Crippen molar-refractivity contribution in [2.45, 2.75) is 19.9 Å². The highest BCUT2D eigenvalue weighted by Gasteiger charge is 2.31. The Morgan fingerprint density at radius 3 is 2.80 bits per heavy atom. The van der Waals surface area contributed by atoms with Crippen molar-refractivity contribution in [3.8, 4) is 6.07 Å². The number of aromatic amines is 1. The highest BCUT2D eigenvalue weighted by Crippen LogP contribution is 2.35. The zero-order valence-corrected chi connectivity index (χ0v) is 14.6. The van der Waals surface area contributed by atoms with Crippen molar-refractivity contribution in [2.75, 3.05) is 18.0 Å². The van der Waals surface area contributed by atoms with E-state index < -0.39 is 11.2 Å². The second-order valence-corrected chi connectivity index (χ2v) is 7.24. The van der Waals surface area contributed by atoms with Gasteiger partial charge in [0.2, 0.25) is 0 Å². The number of rotatable bonds is 2. The molecule has 1 aromatic carbocycles. The molecule has 126 valence electrons. The second kappa shape index (κ2) is 5.57. The van der Waals surface area contributed by atoms with Crippen molar-refractivity contribution in [2.24, 2.45) is 0 Å². The number of aryl methyl sites for hydroxylation is 2. The monoisotopic (exact) mass is 353 g/mol. The van der Waals surface area contributed by atoms with E-state index in [9.17, 15) is 9.59 Å². The van der Waals surface area contributed by atoms with Crippen LogP contribution in [-0.2, 0) is 0 Å². The van der Waals surface area contributed by atoms with Gasteiger partial charge in [-0.25, -0.2) is 9.78 Å². The quantitative estimate of drug-likeness (QED) is 0.756. The number of benzene rings is 1. The Hall–Kier alpha value is -2.92. The Balaban J connectivity index is 1.61. The second-order valence-electron chi connectivity index (χ2n) is 6.23. The van der Waals surface area contributed by atoms with E-state index in [4.69, 9.17) is 10.2 Å². The lowest BCUT2D eigenvalue weighted by atomic mass is 10.1. The number of hydrogen-bond acceptors (Lipinski definition) is 6. The fourth-order valence-corrected chi connectivity index (χ4v) is 4.02. The predicted molar refractivity (Wildman–Crippen MR) is 96.4 cm³/mol. The average molecular weight is 353 g/mol. The highest BCUT2D eigenvalue weighted by molar-refractivity contribution is 7.22. The summed E-state index contributed by atoms with van der Waals surface area (Å²) in [4.78, 5) is 32.5. The van der Waals surface area contributed by atoms with Gasteiger partial charge in [0, 0.05) is 19.3 Å². The maximum Gasteiger partial charge on any atom is 0.328 e. The van der Waals surface area contributed by atoms with Crippen LogP contribution in [-0.4, -0.2) is 27.6 Å². The molecular formula is C17H15N5O2S. The lowest BCUT2D eigenvalue weighted by molar-refractivity contribution is 0.384. The van der Waals surface area contributed by atoms with Crippen LogP contribution in [0.15, 0.2) is 27.9 Å². The topological polar surface area (TPSA) is 94.8 Å². The van der Waals surface area contributed by atoms with Gasteiger partial charge < -0.3 is 4.90 Å². The summed E-state index contributed by atoms with van der Waals surface area (Å²) in [7, 11) is 0. The minimum atomic E-state index is -0.642. The number of H-pyrrole nitrogens is 1. The number of nitriles is 1. The van der Waals surface area contributed by atoms with Crippen molar-refractivity contribution in [3.63, 3.8) is 0 Å². The first-order valence-corrected chi connectivity index (χ1v) is 8.67. The molecule has 0 spiro atoms. The van der Waals surface area contributed by atoms with Crippen molar-refractivity contribution >= 4 is 26.7 Å². The van der Waals surface area contributed by atoms with E-state index in [2.05, 4.69) is 35.9 Å². The number of thiazole rings is 1. The van der Waals surface area contributed by atoms with Gasteiger partial charge >= 0.3 is 5.69 Å². The van der Waals surface area contributed by atoms with Gasteiger partial charge in [-0.3, -0.25) is 14.3 Å². The summed E-state index contributed by atoms with van der Waals surface area (Å²) in [6.07, 6.45) is 1.34. The molecule has 7 nitrogen and oxygen atoms in total. The Kier molecular flexibility index (Phi) is 3.47. The standard InChI is InChI=1S/C17H15N5O2S/c1-9-3-4-13-14(10(9)2)19-17(25-13)21-7-12(8-21)22-6-11(5-18)15(23)20-16(22)24/h3-4,6,12H,7-8H2,1-2H3,(H,20,23,24). The van der Waals surface area contributed by atoms with Crippen molar-refractivity contribution in [1.29, 1.82) is 5.26 Å². The first-order valence-electron chi connectivity index (χ1n) is 7.85. The summed E-state index contributed by atoms with van der Waals surface area (Å²) in [6, 6.07) is 5.92. The molecule has 1 N–H and O–H groups in total. The lowest BCUT2D eigenvalue weighted by Gasteiger charge is -2.39. The number of hydrogen-bond donors (Lipinski definition) is 1. The molecule has 0 bridgehead atoms. The summed E-state index contributed by atoms with van der Waals surface area (Å²) in [6.45, 7) is 5.38. The van der Waals surface area contributed by atoms with E-state index >= 15 is 0 Å². The molecule has 0 atom stereocenters. The smallest absolute Gasteiger partial charge is 0.328 e. The van der Waals surface area contributed by atoms with Crippen LogP contribution in [0.25, 0.3) is 10.2 Å². The molecule has 3 aromatic rings. The van der Waals surface area contributed by atoms with Crippen LogP contribution in [0.5, 0.6) is 0 Å². The fourth-order valence-electron chi connectivity index (χ4n) is 2.97. The molecule has 1 fully saturated rings. The summed E-state index contributed by atoms with van der Waals surface area (Å²) < 4.78 is 2.58. The van der Waals surface area contributed by atoms with Crippen LogP contribution in [0, 0.1) is 25.2 Å². The summed E-state index contributed by atoms with van der Waals surface area (Å²) >= 11 is 1.63. The lowest BCUT2D eigenvalue weighted by Crippen LogP contribution is -2.51. The van der Waals surface area contributed by atoms with Crippen molar-refractivity contribution in [3.05, 3.63) is 55.9 Å². The summed E-state index contributed by atoms with van der Waals surface area (Å²) in [5.41, 5.74) is 2.25. The van der Waals surface area contributed by atoms with Crippen LogP contribution in [0.4, 0.5) is 5.13 Å². The Morgan fingerprint density at radius 1 is 1.32 bits per heavy atom. The fraction of sp³-hybridized carbons (Fsp3) is 0.294. The maximum absolute atomic E-state index is 12.0. The molecule has 3 heterocycles. The number of fused-ring (bicyclic) bond motifs is 1. The van der Waals surface area contributed by atoms with Gasteiger partial charge in [-0.2, -0.15) is 5.26 Å². The normalized spacial score (nSPS) is 14.5. The van der Waals surface area contributed by atoms with Gasteiger partial charge in [0.15, 0.2) is 5.13 Å². The Morgan fingerprint density at radius 2 is 2.08 bits per heavy atom. The molecule has 1 aliphatic heterocycles. The van der Waals surface area contributed by atoms with E-state index in [-0.39, 0.29) is 11.6 Å². The molecule has 0 amide bonds. The van der Waals surface area contributed by atoms with E-state index in [1.54, 1.807) is 11.3 Å². The highest BCUT2D eigenvalue weighted by atomic mass is 32.1. The number of anilines is 1. The molecule has 1 aliphatic rings. The Bertz CT molecular complexity index is 1140. The Labute approximate surface area is 146 Å². The van der Waals surface area contributed by atoms with Crippen LogP contribution in [0.3, 0.4) is 0 Å². The van der Waals surface area contributed by atoms with Crippen molar-refractivity contribution in [1.82, 2.24) is 14.5 Å². The molecule has 4 rings (SSSR count). The van der Waals surface area contributed by atoms with Crippen LogP contribution in [0.1, 0.15) is 22.7 Å². The third kappa shape index (κ3) is 2.44. The zero-order valence-electron chi connectivity index (χ0n) is 13.7. The molecule has 25 heavy (non-hydrogen) atoms. The molecule has 0 unspecified atom stereocenters. The molecule has 0 aliphatic carbocycles. The number of aromatic nitrogens is 3. The molecule has 8 heteroatoms. The van der Waals surface area contributed by atoms with Gasteiger partial charge in [-0.1, -0.05) is 17.4 Å². The first-order chi connectivity index (χ1) is 12.0. The van der Waals surface area contributed by atoms with Crippen LogP contribution >= 0.6 is 11.3 Å². The van der Waals surface area contributed by atoms with Crippen LogP contribution < -0.4 is 16.1 Å². The van der Waals surface area contributed by atoms with E-state index in [1.165, 1.54) is 21.9 Å². The van der Waals surface area contributed by atoms with E-state index in [1.807, 2.05) is 6.07 Å². The molecule has 0 radical (unpaired) electrons. The summed E-state index contributed by atoms with van der Waals surface area (Å²) in [5.74, 6) is 0. The molecule has 2 aromatic heterocycles. The van der Waals surface area contributed by atoms with Gasteiger partial charge in [0.25, 0.3) is 5.56 Å². The average Bonchev–Trinajstić information content (AvgIpc) is 2.96. The third-order valence-electron chi connectivity index (χ3n) is 4.69. The van der Waals surface area contributed by atoms with Gasteiger partial charge in [-0.15, -0.1) is 0 Å². The predicted octanol–water partition coefficient (Wildman–Crippen LogP) is 1.70. The SMILES string of the molecule is Cc1ccc2sc(N3CC(n4cc(C#N)c(=O)[nH]c4=O)C3)nc2c1C. The van der Waals surface area contributed by atoms with Crippen molar-refractivity contribution < 1.29 is 0 Å². The number of nitrogens with one attached hydrogen (secondary N) is 1. The minimum absolute atomic E-state index is 0.0517. The van der Waals surface area contributed by atoms with Gasteiger partial charge in [0.05, 0.1) is 16.3 Å². The minimum Gasteiger partial charge on any atom is -0.344 e. The summed E-state index contributed by atoms with van der Waals surface area (Å²) in [5, 5.41) is 9.89. The van der Waals surface area contributed by atoms with Gasteiger partial charge in [0.1, 0.15) is 11.6 Å². The molecular weight excluding hydrogens is 338 g/mol. The zero-order chi connectivity index (χ0) is 17.7. The molecule has 0 saturated carbocycles. The third-order valence-corrected chi connectivity index (χ3v) is 5.77. The molecule has 1 saturated heterocycles.